The summed E-state index contributed by atoms with van der Waals surface area (Å²) in [6.45, 7) is 4.92. The van der Waals surface area contributed by atoms with E-state index in [2.05, 4.69) is 23.9 Å². The SMILES string of the molecule is CC(CN(C)CC1CCCN1C)C(O)c1ccccc1F. The molecule has 3 nitrogen and oxygen atoms in total. The highest BCUT2D eigenvalue weighted by Crippen LogP contribution is 2.25. The van der Waals surface area contributed by atoms with Gasteiger partial charge < -0.3 is 14.9 Å². The second-order valence-electron chi connectivity index (χ2n) is 6.44. The van der Waals surface area contributed by atoms with Gasteiger partial charge in [0.05, 0.1) is 6.10 Å². The van der Waals surface area contributed by atoms with Gasteiger partial charge in [0.15, 0.2) is 0 Å². The number of benzene rings is 1. The minimum Gasteiger partial charge on any atom is -0.388 e. The Morgan fingerprint density at radius 3 is 2.76 bits per heavy atom. The maximum atomic E-state index is 13.7. The summed E-state index contributed by atoms with van der Waals surface area (Å²) in [5.74, 6) is -0.325. The summed E-state index contributed by atoms with van der Waals surface area (Å²) >= 11 is 0. The molecular weight excluding hydrogens is 267 g/mol. The molecule has 4 heteroatoms. The van der Waals surface area contributed by atoms with Gasteiger partial charge in [-0.2, -0.15) is 0 Å². The van der Waals surface area contributed by atoms with Crippen LogP contribution in [0.4, 0.5) is 4.39 Å². The third-order valence-electron chi connectivity index (χ3n) is 4.56. The van der Waals surface area contributed by atoms with Gasteiger partial charge in [0, 0.05) is 24.7 Å². The van der Waals surface area contributed by atoms with E-state index in [4.69, 9.17) is 0 Å². The quantitative estimate of drug-likeness (QED) is 0.873. The fourth-order valence-corrected chi connectivity index (χ4v) is 3.26. The van der Waals surface area contributed by atoms with Crippen LogP contribution in [0.15, 0.2) is 24.3 Å². The number of halogens is 1. The number of nitrogens with zero attached hydrogens (tertiary/aromatic N) is 2. The van der Waals surface area contributed by atoms with Crippen molar-refractivity contribution in [3.63, 3.8) is 0 Å². The van der Waals surface area contributed by atoms with Crippen LogP contribution in [0.2, 0.25) is 0 Å². The number of likely N-dealkylation sites (N-methyl/N-ethyl adjacent to an activating group) is 2. The topological polar surface area (TPSA) is 26.7 Å². The molecule has 1 aromatic carbocycles. The molecule has 118 valence electrons. The van der Waals surface area contributed by atoms with Crippen LogP contribution in [-0.4, -0.2) is 54.7 Å². The molecule has 0 aromatic heterocycles. The molecule has 1 saturated heterocycles. The monoisotopic (exact) mass is 294 g/mol. The third kappa shape index (κ3) is 4.25. The summed E-state index contributed by atoms with van der Waals surface area (Å²) < 4.78 is 13.7. The standard InChI is InChI=1S/C17H27FN2O/c1-13(17(21)15-8-4-5-9-16(15)18)11-19(2)12-14-7-6-10-20(14)3/h4-5,8-9,13-14,17,21H,6-7,10-12H2,1-3H3. The molecular formula is C17H27FN2O. The van der Waals surface area contributed by atoms with E-state index in [1.165, 1.54) is 25.5 Å². The van der Waals surface area contributed by atoms with Crippen molar-refractivity contribution in [3.8, 4) is 0 Å². The lowest BCUT2D eigenvalue weighted by atomic mass is 9.96. The Kier molecular flexibility index (Phi) is 5.73. The third-order valence-corrected chi connectivity index (χ3v) is 4.56. The fourth-order valence-electron chi connectivity index (χ4n) is 3.26. The summed E-state index contributed by atoms with van der Waals surface area (Å²) in [5, 5.41) is 10.4. The first kappa shape index (κ1) is 16.4. The molecule has 1 aliphatic rings. The van der Waals surface area contributed by atoms with Crippen molar-refractivity contribution in [2.24, 2.45) is 5.92 Å². The summed E-state index contributed by atoms with van der Waals surface area (Å²) in [5.41, 5.74) is 0.399. The molecule has 0 spiro atoms. The van der Waals surface area contributed by atoms with Crippen molar-refractivity contribution in [3.05, 3.63) is 35.6 Å². The minimum atomic E-state index is -0.755. The molecule has 0 saturated carbocycles. The van der Waals surface area contributed by atoms with Crippen LogP contribution in [0.3, 0.4) is 0 Å². The number of likely N-dealkylation sites (tertiary alicyclic amines) is 1. The predicted molar refractivity (Wildman–Crippen MR) is 83.7 cm³/mol. The van der Waals surface area contributed by atoms with E-state index in [1.54, 1.807) is 18.2 Å². The van der Waals surface area contributed by atoms with Gasteiger partial charge in [-0.1, -0.05) is 25.1 Å². The molecule has 0 radical (unpaired) electrons. The van der Waals surface area contributed by atoms with Crippen LogP contribution in [0.1, 0.15) is 31.4 Å². The van der Waals surface area contributed by atoms with E-state index in [0.29, 0.717) is 11.6 Å². The zero-order chi connectivity index (χ0) is 15.4. The van der Waals surface area contributed by atoms with E-state index in [9.17, 15) is 9.50 Å². The number of hydrogen-bond donors (Lipinski definition) is 1. The number of hydrogen-bond acceptors (Lipinski definition) is 3. The predicted octanol–water partition coefficient (Wildman–Crippen LogP) is 2.52. The molecule has 1 heterocycles. The van der Waals surface area contributed by atoms with Gasteiger partial charge in [0.2, 0.25) is 0 Å². The molecule has 1 aromatic rings. The molecule has 0 amide bonds. The maximum Gasteiger partial charge on any atom is 0.129 e. The first-order valence-corrected chi connectivity index (χ1v) is 7.80. The Bertz CT molecular complexity index is 454. The van der Waals surface area contributed by atoms with E-state index < -0.39 is 6.10 Å². The van der Waals surface area contributed by atoms with Crippen molar-refractivity contribution in [1.82, 2.24) is 9.80 Å². The highest BCUT2D eigenvalue weighted by Gasteiger charge is 2.25. The first-order valence-electron chi connectivity index (χ1n) is 7.80. The van der Waals surface area contributed by atoms with Crippen LogP contribution in [0, 0.1) is 11.7 Å². The molecule has 2 rings (SSSR count). The van der Waals surface area contributed by atoms with Crippen molar-refractivity contribution in [2.75, 3.05) is 33.7 Å². The van der Waals surface area contributed by atoms with Gasteiger partial charge in [0.1, 0.15) is 5.82 Å². The number of aliphatic hydroxyl groups is 1. The second kappa shape index (κ2) is 7.34. The Balaban J connectivity index is 1.88. The lowest BCUT2D eigenvalue weighted by Crippen LogP contribution is -2.39. The molecule has 3 atom stereocenters. The molecule has 3 unspecified atom stereocenters. The molecule has 21 heavy (non-hydrogen) atoms. The highest BCUT2D eigenvalue weighted by atomic mass is 19.1. The van der Waals surface area contributed by atoms with Crippen LogP contribution in [0.5, 0.6) is 0 Å². The summed E-state index contributed by atoms with van der Waals surface area (Å²) in [4.78, 5) is 4.65. The van der Waals surface area contributed by atoms with E-state index >= 15 is 0 Å². The largest absolute Gasteiger partial charge is 0.388 e. The van der Waals surface area contributed by atoms with Gasteiger partial charge in [-0.25, -0.2) is 4.39 Å². The second-order valence-corrected chi connectivity index (χ2v) is 6.44. The number of aliphatic hydroxyl groups excluding tert-OH is 1. The van der Waals surface area contributed by atoms with Gasteiger partial charge in [0.25, 0.3) is 0 Å². The van der Waals surface area contributed by atoms with E-state index in [0.717, 1.165) is 13.1 Å². The Morgan fingerprint density at radius 1 is 1.43 bits per heavy atom. The Labute approximate surface area is 127 Å². The van der Waals surface area contributed by atoms with Gasteiger partial charge in [-0.05, 0) is 45.5 Å². The normalized spacial score (nSPS) is 22.7. The lowest BCUT2D eigenvalue weighted by Gasteiger charge is -2.29. The average Bonchev–Trinajstić information content (AvgIpc) is 2.84. The van der Waals surface area contributed by atoms with Gasteiger partial charge >= 0.3 is 0 Å². The van der Waals surface area contributed by atoms with Crippen molar-refractivity contribution in [1.29, 1.82) is 0 Å². The zero-order valence-electron chi connectivity index (χ0n) is 13.3. The van der Waals surface area contributed by atoms with Gasteiger partial charge in [-0.3, -0.25) is 0 Å². The van der Waals surface area contributed by atoms with Crippen LogP contribution >= 0.6 is 0 Å². The molecule has 1 N–H and O–H groups in total. The zero-order valence-corrected chi connectivity index (χ0v) is 13.3. The summed E-state index contributed by atoms with van der Waals surface area (Å²) in [6.07, 6.45) is 1.75. The lowest BCUT2D eigenvalue weighted by molar-refractivity contribution is 0.0858. The molecule has 0 bridgehead atoms. The minimum absolute atomic E-state index is 0.00129. The number of rotatable bonds is 6. The maximum absolute atomic E-state index is 13.7. The van der Waals surface area contributed by atoms with Crippen molar-refractivity contribution in [2.45, 2.75) is 31.9 Å². The van der Waals surface area contributed by atoms with E-state index in [-0.39, 0.29) is 11.7 Å². The summed E-state index contributed by atoms with van der Waals surface area (Å²) in [7, 11) is 4.25. The molecule has 1 fully saturated rings. The average molecular weight is 294 g/mol. The van der Waals surface area contributed by atoms with Crippen LogP contribution < -0.4 is 0 Å². The first-order chi connectivity index (χ1) is 9.99. The fraction of sp³-hybridized carbons (Fsp3) is 0.647. The van der Waals surface area contributed by atoms with Crippen LogP contribution in [0.25, 0.3) is 0 Å². The smallest absolute Gasteiger partial charge is 0.129 e. The van der Waals surface area contributed by atoms with Gasteiger partial charge in [-0.15, -0.1) is 0 Å². The highest BCUT2D eigenvalue weighted by molar-refractivity contribution is 5.20. The Hall–Kier alpha value is -0.970. The van der Waals surface area contributed by atoms with Crippen molar-refractivity contribution >= 4 is 0 Å². The molecule has 1 aliphatic heterocycles. The Morgan fingerprint density at radius 2 is 2.14 bits per heavy atom. The van der Waals surface area contributed by atoms with E-state index in [1.807, 2.05) is 6.92 Å². The molecule has 0 aliphatic carbocycles. The van der Waals surface area contributed by atoms with Crippen molar-refractivity contribution < 1.29 is 9.50 Å². The summed E-state index contributed by atoms with van der Waals surface area (Å²) in [6, 6.07) is 7.10. The van der Waals surface area contributed by atoms with Crippen LogP contribution in [-0.2, 0) is 0 Å².